The minimum Gasteiger partial charge on any atom is -0.487 e. The summed E-state index contributed by atoms with van der Waals surface area (Å²) in [5.41, 5.74) is 1.82. The van der Waals surface area contributed by atoms with Gasteiger partial charge in [-0.3, -0.25) is 4.79 Å². The van der Waals surface area contributed by atoms with Crippen molar-refractivity contribution >= 4 is 51.7 Å². The molecule has 0 fully saturated rings. The molecule has 1 heterocycles. The molecule has 0 atom stereocenters. The second kappa shape index (κ2) is 12.0. The molecule has 1 aromatic heterocycles. The van der Waals surface area contributed by atoms with E-state index in [0.717, 1.165) is 0 Å². The summed E-state index contributed by atoms with van der Waals surface area (Å²) in [4.78, 5) is 32.8. The normalized spacial score (nSPS) is 11.1. The summed E-state index contributed by atoms with van der Waals surface area (Å²) < 4.78 is 24.3. The summed E-state index contributed by atoms with van der Waals surface area (Å²) in [6, 6.07) is 16.5. The van der Waals surface area contributed by atoms with Gasteiger partial charge >= 0.3 is 6.09 Å². The lowest BCUT2D eigenvalue weighted by Crippen LogP contribution is -2.37. The topological polar surface area (TPSA) is 114 Å². The van der Waals surface area contributed by atoms with Crippen LogP contribution in [0.25, 0.3) is 10.9 Å². The summed E-state index contributed by atoms with van der Waals surface area (Å²) in [5, 5.41) is 9.38. The van der Waals surface area contributed by atoms with Crippen molar-refractivity contribution in [1.29, 1.82) is 0 Å². The quantitative estimate of drug-likeness (QED) is 0.238. The minimum absolute atomic E-state index is 0.169. The van der Waals surface area contributed by atoms with Crippen LogP contribution in [-0.2, 0) is 16.1 Å². The number of rotatable bonds is 8. The number of anilines is 3. The van der Waals surface area contributed by atoms with Crippen molar-refractivity contribution in [1.82, 2.24) is 15.3 Å². The number of ether oxygens (including phenoxy) is 2. The van der Waals surface area contributed by atoms with E-state index >= 15 is 0 Å². The second-order valence-corrected chi connectivity index (χ2v) is 9.95. The van der Waals surface area contributed by atoms with E-state index in [1.807, 2.05) is 0 Å². The fourth-order valence-electron chi connectivity index (χ4n) is 3.53. The Morgan fingerprint density at radius 3 is 2.54 bits per heavy atom. The van der Waals surface area contributed by atoms with Crippen molar-refractivity contribution in [3.63, 3.8) is 0 Å². The van der Waals surface area contributed by atoms with E-state index in [1.165, 1.54) is 18.5 Å². The molecular weight excluding hydrogens is 525 g/mol. The summed E-state index contributed by atoms with van der Waals surface area (Å²) in [6.07, 6.45) is 0.742. The highest BCUT2D eigenvalue weighted by Gasteiger charge is 2.17. The predicted molar refractivity (Wildman–Crippen MR) is 148 cm³/mol. The minimum atomic E-state index is -0.680. The van der Waals surface area contributed by atoms with Gasteiger partial charge in [-0.15, -0.1) is 0 Å². The number of carbonyl (C=O) groups is 2. The van der Waals surface area contributed by atoms with Gasteiger partial charge in [0.15, 0.2) is 0 Å². The van der Waals surface area contributed by atoms with Gasteiger partial charge in [0.1, 0.15) is 42.5 Å². The number of nitrogens with zero attached hydrogens (tertiary/aromatic N) is 2. The van der Waals surface area contributed by atoms with Crippen molar-refractivity contribution in [2.75, 3.05) is 17.2 Å². The summed E-state index contributed by atoms with van der Waals surface area (Å²) in [7, 11) is 0. The molecule has 0 saturated heterocycles. The van der Waals surface area contributed by atoms with Crippen LogP contribution in [-0.4, -0.2) is 34.1 Å². The maximum Gasteiger partial charge on any atom is 0.408 e. The molecule has 2 amide bonds. The van der Waals surface area contributed by atoms with E-state index in [-0.39, 0.29) is 19.0 Å². The zero-order chi connectivity index (χ0) is 28.0. The van der Waals surface area contributed by atoms with Crippen LogP contribution in [0.1, 0.15) is 26.3 Å². The monoisotopic (exact) mass is 551 g/mol. The van der Waals surface area contributed by atoms with Crippen molar-refractivity contribution in [2.45, 2.75) is 33.0 Å². The average Bonchev–Trinajstić information content (AvgIpc) is 2.86. The van der Waals surface area contributed by atoms with E-state index in [4.69, 9.17) is 21.1 Å². The molecule has 0 radical (unpaired) electrons. The Kier molecular flexibility index (Phi) is 8.46. The van der Waals surface area contributed by atoms with Crippen LogP contribution in [0.4, 0.5) is 26.4 Å². The van der Waals surface area contributed by atoms with E-state index in [0.29, 0.717) is 44.4 Å². The Balaban J connectivity index is 1.42. The van der Waals surface area contributed by atoms with Crippen molar-refractivity contribution in [2.24, 2.45) is 0 Å². The molecule has 0 unspecified atom stereocenters. The SMILES string of the molecule is CC(C)(C)OC(=O)NCC(=O)Nc1ccc2ncnc(Nc3ccc(OCc4cccc(F)c4)c(Cl)c3)c2c1. The number of alkyl carbamates (subject to hydrolysis) is 1. The standard InChI is InChI=1S/C28H27ClFN5O4/c1-28(2,3)39-27(37)31-14-25(36)34-19-7-9-23-21(12-19)26(33-16-32-23)35-20-8-10-24(22(29)13-20)38-15-17-5-4-6-18(30)11-17/h4-13,16H,14-15H2,1-3H3,(H,31,37)(H,34,36)(H,32,33,35). The van der Waals surface area contributed by atoms with Crippen molar-refractivity contribution in [3.05, 3.63) is 83.4 Å². The molecule has 0 saturated carbocycles. The van der Waals surface area contributed by atoms with E-state index in [2.05, 4.69) is 25.9 Å². The molecule has 0 bridgehead atoms. The Bertz CT molecular complexity index is 1510. The number of halogens is 2. The largest absolute Gasteiger partial charge is 0.487 e. The zero-order valence-electron chi connectivity index (χ0n) is 21.5. The first-order valence-electron chi connectivity index (χ1n) is 12.0. The van der Waals surface area contributed by atoms with Gasteiger partial charge in [-0.1, -0.05) is 23.7 Å². The van der Waals surface area contributed by atoms with Crippen LogP contribution < -0.4 is 20.7 Å². The number of carbonyl (C=O) groups excluding carboxylic acids is 2. The molecular formula is C28H27ClFN5O4. The van der Waals surface area contributed by atoms with Crippen LogP contribution in [0.15, 0.2) is 67.0 Å². The van der Waals surface area contributed by atoms with Gasteiger partial charge in [0.2, 0.25) is 5.91 Å². The molecule has 3 N–H and O–H groups in total. The molecule has 0 spiro atoms. The number of hydrogen-bond donors (Lipinski definition) is 3. The molecule has 4 aromatic rings. The van der Waals surface area contributed by atoms with Crippen LogP contribution in [0.5, 0.6) is 5.75 Å². The van der Waals surface area contributed by atoms with Gasteiger partial charge in [0.25, 0.3) is 0 Å². The van der Waals surface area contributed by atoms with E-state index in [9.17, 15) is 14.0 Å². The van der Waals surface area contributed by atoms with Crippen molar-refractivity contribution < 1.29 is 23.5 Å². The number of aromatic nitrogens is 2. The Hall–Kier alpha value is -4.44. The molecule has 3 aromatic carbocycles. The fraction of sp³-hybridized carbons (Fsp3) is 0.214. The highest BCUT2D eigenvalue weighted by Crippen LogP contribution is 2.31. The van der Waals surface area contributed by atoms with E-state index in [1.54, 1.807) is 69.3 Å². The molecule has 0 aliphatic carbocycles. The number of amides is 2. The summed E-state index contributed by atoms with van der Waals surface area (Å²) in [5.74, 6) is 0.183. The first kappa shape index (κ1) is 27.6. The first-order chi connectivity index (χ1) is 18.6. The molecule has 4 rings (SSSR count). The summed E-state index contributed by atoms with van der Waals surface area (Å²) in [6.45, 7) is 5.13. The average molecular weight is 552 g/mol. The van der Waals surface area contributed by atoms with Crippen LogP contribution in [0.2, 0.25) is 5.02 Å². The Morgan fingerprint density at radius 2 is 1.79 bits per heavy atom. The van der Waals surface area contributed by atoms with E-state index < -0.39 is 17.6 Å². The van der Waals surface area contributed by atoms with Gasteiger partial charge < -0.3 is 25.4 Å². The Labute approximate surface area is 229 Å². The van der Waals surface area contributed by atoms with Gasteiger partial charge in [-0.25, -0.2) is 19.2 Å². The molecule has 39 heavy (non-hydrogen) atoms. The third kappa shape index (κ3) is 8.02. The number of fused-ring (bicyclic) bond motifs is 1. The molecule has 0 aliphatic heterocycles. The van der Waals surface area contributed by atoms with Crippen molar-refractivity contribution in [3.8, 4) is 5.75 Å². The molecule has 202 valence electrons. The first-order valence-corrected chi connectivity index (χ1v) is 12.4. The van der Waals surface area contributed by atoms with Gasteiger partial charge in [-0.2, -0.15) is 0 Å². The molecule has 0 aliphatic rings. The van der Waals surface area contributed by atoms with Gasteiger partial charge in [-0.05, 0) is 74.9 Å². The van der Waals surface area contributed by atoms with Crippen LogP contribution in [0, 0.1) is 5.82 Å². The lowest BCUT2D eigenvalue weighted by Gasteiger charge is -2.19. The Morgan fingerprint density at radius 1 is 1.00 bits per heavy atom. The highest BCUT2D eigenvalue weighted by atomic mass is 35.5. The van der Waals surface area contributed by atoms with Gasteiger partial charge in [0, 0.05) is 16.8 Å². The zero-order valence-corrected chi connectivity index (χ0v) is 22.3. The number of nitrogens with one attached hydrogen (secondary N) is 3. The molecule has 11 heteroatoms. The number of hydrogen-bond acceptors (Lipinski definition) is 7. The van der Waals surface area contributed by atoms with Crippen LogP contribution in [0.3, 0.4) is 0 Å². The predicted octanol–water partition coefficient (Wildman–Crippen LogP) is 6.21. The maximum atomic E-state index is 13.4. The lowest BCUT2D eigenvalue weighted by molar-refractivity contribution is -0.115. The van der Waals surface area contributed by atoms with Gasteiger partial charge in [0.05, 0.1) is 10.5 Å². The number of benzene rings is 3. The smallest absolute Gasteiger partial charge is 0.408 e. The molecule has 9 nitrogen and oxygen atoms in total. The lowest BCUT2D eigenvalue weighted by atomic mass is 10.2. The van der Waals surface area contributed by atoms with Crippen LogP contribution >= 0.6 is 11.6 Å². The highest BCUT2D eigenvalue weighted by molar-refractivity contribution is 6.32. The second-order valence-electron chi connectivity index (χ2n) is 9.55. The third-order valence-corrected chi connectivity index (χ3v) is 5.48. The fourth-order valence-corrected chi connectivity index (χ4v) is 3.76. The summed E-state index contributed by atoms with van der Waals surface area (Å²) >= 11 is 6.42. The third-order valence-electron chi connectivity index (χ3n) is 5.19. The maximum absolute atomic E-state index is 13.4.